The van der Waals surface area contributed by atoms with Crippen molar-refractivity contribution in [2.24, 2.45) is 11.5 Å². The highest BCUT2D eigenvalue weighted by Crippen LogP contribution is 1.38. The summed E-state index contributed by atoms with van der Waals surface area (Å²) in [5.74, 6) is 0. The van der Waals surface area contributed by atoms with Gasteiger partial charge in [0, 0.05) is 13.1 Å². The van der Waals surface area contributed by atoms with Crippen LogP contribution in [-0.2, 0) is 0 Å². The number of nitrogens with zero attached hydrogens (tertiary/aromatic N) is 2. The van der Waals surface area contributed by atoms with E-state index in [4.69, 9.17) is 42.1 Å². The highest BCUT2D eigenvalue weighted by Gasteiger charge is 1.65. The third-order valence-electron chi connectivity index (χ3n) is 0.167. The molecule has 74 valence electrons. The van der Waals surface area contributed by atoms with Crippen molar-refractivity contribution in [3.8, 4) is 0 Å². The molecule has 0 radical (unpaired) electrons. The van der Waals surface area contributed by atoms with Crippen LogP contribution in [0.2, 0.25) is 0 Å². The Morgan fingerprint density at radius 1 is 1.00 bits per heavy atom. The maximum absolute atomic E-state index is 8.36. The Balaban J connectivity index is -0.000000101. The SMILES string of the molecule is NCCN.O=[N+]([O-])O.O=[N+]([O-])O. The molecule has 0 atom stereocenters. The summed E-state index contributed by atoms with van der Waals surface area (Å²) < 4.78 is 0. The predicted octanol–water partition coefficient (Wildman–Crippen LogP) is -1.79. The van der Waals surface area contributed by atoms with Crippen LogP contribution < -0.4 is 11.5 Å². The van der Waals surface area contributed by atoms with Gasteiger partial charge in [0.25, 0.3) is 10.2 Å². The van der Waals surface area contributed by atoms with Gasteiger partial charge < -0.3 is 21.9 Å². The van der Waals surface area contributed by atoms with Gasteiger partial charge in [0.1, 0.15) is 0 Å². The molecule has 0 aliphatic rings. The average Bonchev–Trinajstić information content (AvgIpc) is 1.85. The van der Waals surface area contributed by atoms with Crippen molar-refractivity contribution in [1.29, 1.82) is 0 Å². The molecule has 0 aliphatic heterocycles. The predicted molar refractivity (Wildman–Crippen MR) is 35.7 cm³/mol. The van der Waals surface area contributed by atoms with Crippen molar-refractivity contribution >= 4 is 0 Å². The highest BCUT2D eigenvalue weighted by molar-refractivity contribution is 4.26. The van der Waals surface area contributed by atoms with Crippen molar-refractivity contribution < 1.29 is 20.6 Å². The summed E-state index contributed by atoms with van der Waals surface area (Å²) in [6, 6.07) is 0. The zero-order valence-corrected chi connectivity index (χ0v) is 5.99. The largest absolute Gasteiger partial charge is 0.329 e. The summed E-state index contributed by atoms with van der Waals surface area (Å²) in [4.78, 5) is 16.7. The first kappa shape index (κ1) is 16.7. The van der Waals surface area contributed by atoms with Crippen molar-refractivity contribution in [2.75, 3.05) is 13.1 Å². The second kappa shape index (κ2) is 16.2. The number of rotatable bonds is 1. The molecule has 0 heterocycles. The molecule has 0 bridgehead atoms. The lowest BCUT2D eigenvalue weighted by Gasteiger charge is -1.72. The van der Waals surface area contributed by atoms with E-state index in [0.717, 1.165) is 0 Å². The van der Waals surface area contributed by atoms with Gasteiger partial charge in [-0.15, -0.1) is 20.2 Å². The number of nitrogens with two attached hydrogens (primary N) is 2. The minimum atomic E-state index is -1.50. The highest BCUT2D eigenvalue weighted by atomic mass is 16.9. The van der Waals surface area contributed by atoms with Crippen molar-refractivity contribution in [1.82, 2.24) is 0 Å². The first-order valence-corrected chi connectivity index (χ1v) is 2.45. The Morgan fingerprint density at radius 3 is 1.08 bits per heavy atom. The van der Waals surface area contributed by atoms with Gasteiger partial charge in [0.2, 0.25) is 0 Å². The van der Waals surface area contributed by atoms with E-state index in [0.29, 0.717) is 13.1 Å². The van der Waals surface area contributed by atoms with Crippen LogP contribution in [-0.4, -0.2) is 33.7 Å². The van der Waals surface area contributed by atoms with E-state index >= 15 is 0 Å². The van der Waals surface area contributed by atoms with Gasteiger partial charge in [0.05, 0.1) is 0 Å². The van der Waals surface area contributed by atoms with Crippen LogP contribution in [0.4, 0.5) is 0 Å². The van der Waals surface area contributed by atoms with Crippen LogP contribution in [0.15, 0.2) is 0 Å². The Morgan fingerprint density at radius 2 is 1.08 bits per heavy atom. The molecule has 0 spiro atoms. The van der Waals surface area contributed by atoms with Crippen molar-refractivity contribution in [2.45, 2.75) is 0 Å². The molecule has 0 unspecified atom stereocenters. The fraction of sp³-hybridized carbons (Fsp3) is 1.00. The second-order valence-corrected chi connectivity index (χ2v) is 1.05. The summed E-state index contributed by atoms with van der Waals surface area (Å²) in [5.41, 5.74) is 9.81. The number of hydrogen-bond donors (Lipinski definition) is 4. The van der Waals surface area contributed by atoms with Crippen molar-refractivity contribution in [3.05, 3.63) is 20.2 Å². The third kappa shape index (κ3) is 964. The Hall–Kier alpha value is -1.68. The maximum Gasteiger partial charge on any atom is 0.291 e. The third-order valence-corrected chi connectivity index (χ3v) is 0.167. The first-order chi connectivity index (χ1) is 5.38. The molecule has 12 heavy (non-hydrogen) atoms. The molecule has 0 rings (SSSR count). The van der Waals surface area contributed by atoms with Crippen LogP contribution in [0.3, 0.4) is 0 Å². The fourth-order valence-corrected chi connectivity index (χ4v) is 0. The lowest BCUT2D eigenvalue weighted by molar-refractivity contribution is -0.742. The van der Waals surface area contributed by atoms with E-state index < -0.39 is 10.2 Å². The summed E-state index contributed by atoms with van der Waals surface area (Å²) in [6.07, 6.45) is 0. The molecule has 0 aromatic heterocycles. The first-order valence-electron chi connectivity index (χ1n) is 2.45. The monoisotopic (exact) mass is 186 g/mol. The van der Waals surface area contributed by atoms with E-state index in [2.05, 4.69) is 0 Å². The molecule has 0 fully saturated rings. The van der Waals surface area contributed by atoms with Crippen LogP contribution in [0.1, 0.15) is 0 Å². The summed E-state index contributed by atoms with van der Waals surface area (Å²) in [6.45, 7) is 1.19. The zero-order chi connectivity index (χ0) is 10.6. The van der Waals surface area contributed by atoms with E-state index in [-0.39, 0.29) is 0 Å². The van der Waals surface area contributed by atoms with Gasteiger partial charge in [-0.2, -0.15) is 0 Å². The van der Waals surface area contributed by atoms with E-state index in [1.54, 1.807) is 0 Å². The average molecular weight is 186 g/mol. The second-order valence-electron chi connectivity index (χ2n) is 1.05. The molecule has 0 saturated heterocycles. The van der Waals surface area contributed by atoms with Gasteiger partial charge in [-0.1, -0.05) is 0 Å². The van der Waals surface area contributed by atoms with Crippen LogP contribution in [0, 0.1) is 20.2 Å². The van der Waals surface area contributed by atoms with Crippen molar-refractivity contribution in [3.63, 3.8) is 0 Å². The van der Waals surface area contributed by atoms with E-state index in [1.807, 2.05) is 0 Å². The molecule has 0 saturated carbocycles. The van der Waals surface area contributed by atoms with E-state index in [9.17, 15) is 0 Å². The summed E-state index contributed by atoms with van der Waals surface area (Å²) in [7, 11) is 0. The van der Waals surface area contributed by atoms with Gasteiger partial charge >= 0.3 is 0 Å². The van der Waals surface area contributed by atoms with Gasteiger partial charge in [-0.05, 0) is 0 Å². The quantitative estimate of drug-likeness (QED) is 0.273. The topological polar surface area (TPSA) is 179 Å². The smallest absolute Gasteiger partial charge is 0.291 e. The Labute approximate surface area is 66.6 Å². The Bertz CT molecular complexity index is 94.1. The van der Waals surface area contributed by atoms with Crippen LogP contribution in [0.25, 0.3) is 0 Å². The van der Waals surface area contributed by atoms with Crippen LogP contribution in [0.5, 0.6) is 0 Å². The minimum absolute atomic E-state index is 0.597. The fourth-order valence-electron chi connectivity index (χ4n) is 0. The van der Waals surface area contributed by atoms with Gasteiger partial charge in [0.15, 0.2) is 0 Å². The van der Waals surface area contributed by atoms with Gasteiger partial charge in [-0.3, -0.25) is 0 Å². The molecule has 0 aliphatic carbocycles. The van der Waals surface area contributed by atoms with Gasteiger partial charge in [-0.25, -0.2) is 0 Å². The molecule has 0 amide bonds. The van der Waals surface area contributed by atoms with E-state index in [1.165, 1.54) is 0 Å². The van der Waals surface area contributed by atoms with Crippen LogP contribution >= 0.6 is 0 Å². The molecule has 6 N–H and O–H groups in total. The molecular weight excluding hydrogens is 176 g/mol. The molecule has 10 heteroatoms. The molecule has 0 aromatic carbocycles. The molecule has 0 aromatic rings. The molecule has 10 nitrogen and oxygen atoms in total. The molecular formula is C2H10N4O6. The Kier molecular flexibility index (Phi) is 22.5. The lowest BCUT2D eigenvalue weighted by Crippen LogP contribution is -2.11. The zero-order valence-electron chi connectivity index (χ0n) is 5.99. The standard InChI is InChI=1S/C2H8N2.2HNO3/c3-1-2-4;2*2-1(3)4/h1-4H2;2*(H,2,3,4). The number of hydrogen-bond acceptors (Lipinski definition) is 6. The lowest BCUT2D eigenvalue weighted by atomic mass is 10.7. The maximum atomic E-state index is 8.36. The normalized spacial score (nSPS) is 6.50. The minimum Gasteiger partial charge on any atom is -0.329 e. The summed E-state index contributed by atoms with van der Waals surface area (Å²) in [5, 5.41) is 27.3. The summed E-state index contributed by atoms with van der Waals surface area (Å²) >= 11 is 0.